The van der Waals surface area contributed by atoms with E-state index in [1.54, 1.807) is 18.2 Å². The number of para-hydroxylation sites is 1. The van der Waals surface area contributed by atoms with Gasteiger partial charge in [-0.1, -0.05) is 18.2 Å². The predicted molar refractivity (Wildman–Crippen MR) is 101 cm³/mol. The summed E-state index contributed by atoms with van der Waals surface area (Å²) in [6.07, 6.45) is 3.23. The van der Waals surface area contributed by atoms with E-state index in [4.69, 9.17) is 0 Å². The molecule has 0 saturated heterocycles. The summed E-state index contributed by atoms with van der Waals surface area (Å²) in [5, 5.41) is 7.20. The molecule has 2 amide bonds. The Morgan fingerprint density at radius 2 is 2.04 bits per heavy atom. The van der Waals surface area contributed by atoms with Crippen LogP contribution in [0.2, 0.25) is 0 Å². The molecule has 1 atom stereocenters. The van der Waals surface area contributed by atoms with E-state index >= 15 is 0 Å². The van der Waals surface area contributed by atoms with E-state index in [9.17, 15) is 9.59 Å². The smallest absolute Gasteiger partial charge is 0.319 e. The molecular formula is C19H17N5O2. The average Bonchev–Trinajstić information content (AvgIpc) is 3.11. The van der Waals surface area contributed by atoms with Crippen molar-refractivity contribution in [2.45, 2.75) is 13.0 Å². The summed E-state index contributed by atoms with van der Waals surface area (Å²) in [5.74, 6) is 0. The van der Waals surface area contributed by atoms with Crippen LogP contribution in [0.5, 0.6) is 0 Å². The molecule has 0 saturated carbocycles. The molecule has 0 aliphatic carbocycles. The third-order valence-electron chi connectivity index (χ3n) is 4.33. The maximum Gasteiger partial charge on any atom is 0.319 e. The summed E-state index contributed by atoms with van der Waals surface area (Å²) in [7, 11) is 0. The molecule has 0 radical (unpaired) electrons. The number of rotatable bonds is 3. The number of urea groups is 1. The number of amides is 2. The summed E-state index contributed by atoms with van der Waals surface area (Å²) >= 11 is 0. The van der Waals surface area contributed by atoms with E-state index in [1.165, 1.54) is 6.33 Å². The fraction of sp³-hybridized carbons (Fsp3) is 0.105. The molecule has 0 spiro atoms. The fourth-order valence-corrected chi connectivity index (χ4v) is 3.06. The third-order valence-corrected chi connectivity index (χ3v) is 4.33. The monoisotopic (exact) mass is 347 g/mol. The quantitative estimate of drug-likeness (QED) is 0.457. The maximum atomic E-state index is 12.4. The van der Waals surface area contributed by atoms with E-state index in [-0.39, 0.29) is 17.6 Å². The van der Waals surface area contributed by atoms with Crippen molar-refractivity contribution in [2.75, 3.05) is 5.32 Å². The van der Waals surface area contributed by atoms with Gasteiger partial charge in [-0.3, -0.25) is 4.79 Å². The predicted octanol–water partition coefficient (Wildman–Crippen LogP) is 3.29. The summed E-state index contributed by atoms with van der Waals surface area (Å²) in [5.41, 5.74) is 2.86. The summed E-state index contributed by atoms with van der Waals surface area (Å²) in [6.45, 7) is 1.92. The molecule has 1 unspecified atom stereocenters. The highest BCUT2D eigenvalue weighted by atomic mass is 16.2. The van der Waals surface area contributed by atoms with Crippen molar-refractivity contribution in [3.8, 4) is 0 Å². The van der Waals surface area contributed by atoms with Gasteiger partial charge in [-0.15, -0.1) is 0 Å². The molecule has 2 aromatic carbocycles. The molecule has 130 valence electrons. The van der Waals surface area contributed by atoms with Crippen LogP contribution >= 0.6 is 0 Å². The van der Waals surface area contributed by atoms with Crippen LogP contribution in [0.3, 0.4) is 0 Å². The molecule has 2 aromatic heterocycles. The SMILES string of the molecule is CC(NC(=O)Nc1ccc2nc[nH]c(=O)c2c1)c1cccc2cc[nH]c12. The number of carbonyl (C=O) groups excluding carboxylic acids is 1. The van der Waals surface area contributed by atoms with Crippen molar-refractivity contribution < 1.29 is 4.79 Å². The van der Waals surface area contributed by atoms with Gasteiger partial charge in [0.05, 0.1) is 28.8 Å². The van der Waals surface area contributed by atoms with E-state index in [1.807, 2.05) is 37.4 Å². The van der Waals surface area contributed by atoms with E-state index in [0.717, 1.165) is 16.5 Å². The maximum absolute atomic E-state index is 12.4. The van der Waals surface area contributed by atoms with Gasteiger partial charge in [-0.05, 0) is 42.1 Å². The Morgan fingerprint density at radius 1 is 1.15 bits per heavy atom. The normalized spacial score (nSPS) is 12.2. The number of aromatic amines is 2. The van der Waals surface area contributed by atoms with E-state index < -0.39 is 0 Å². The minimum atomic E-state index is -0.347. The van der Waals surface area contributed by atoms with Crippen LogP contribution in [-0.4, -0.2) is 21.0 Å². The molecule has 4 N–H and O–H groups in total. The van der Waals surface area contributed by atoms with Crippen molar-refractivity contribution in [3.05, 3.63) is 70.9 Å². The van der Waals surface area contributed by atoms with Crippen molar-refractivity contribution in [2.24, 2.45) is 0 Å². The summed E-state index contributed by atoms with van der Waals surface area (Å²) < 4.78 is 0. The second kappa shape index (κ2) is 6.36. The average molecular weight is 347 g/mol. The fourth-order valence-electron chi connectivity index (χ4n) is 3.06. The minimum absolute atomic E-state index is 0.192. The number of anilines is 1. The lowest BCUT2D eigenvalue weighted by molar-refractivity contribution is 0.249. The van der Waals surface area contributed by atoms with Gasteiger partial charge in [0.2, 0.25) is 0 Å². The lowest BCUT2D eigenvalue weighted by atomic mass is 10.1. The Morgan fingerprint density at radius 3 is 2.92 bits per heavy atom. The molecule has 4 aromatic rings. The zero-order valence-corrected chi connectivity index (χ0v) is 14.0. The van der Waals surface area contributed by atoms with Gasteiger partial charge in [-0.2, -0.15) is 0 Å². The minimum Gasteiger partial charge on any atom is -0.361 e. The van der Waals surface area contributed by atoms with Crippen LogP contribution in [0.1, 0.15) is 18.5 Å². The van der Waals surface area contributed by atoms with Gasteiger partial charge in [0.1, 0.15) is 0 Å². The lowest BCUT2D eigenvalue weighted by Crippen LogP contribution is -2.31. The molecule has 4 rings (SSSR count). The highest BCUT2D eigenvalue weighted by Gasteiger charge is 2.13. The van der Waals surface area contributed by atoms with Crippen molar-refractivity contribution >= 4 is 33.5 Å². The molecule has 0 aliphatic heterocycles. The van der Waals surface area contributed by atoms with Crippen LogP contribution in [0, 0.1) is 0 Å². The zero-order chi connectivity index (χ0) is 18.1. The number of H-pyrrole nitrogens is 2. The molecule has 26 heavy (non-hydrogen) atoms. The number of nitrogens with one attached hydrogen (secondary N) is 4. The van der Waals surface area contributed by atoms with Crippen LogP contribution in [0.25, 0.3) is 21.8 Å². The number of aromatic nitrogens is 3. The number of nitrogens with zero attached hydrogens (tertiary/aromatic N) is 1. The first-order valence-electron chi connectivity index (χ1n) is 8.23. The van der Waals surface area contributed by atoms with Crippen LogP contribution < -0.4 is 16.2 Å². The highest BCUT2D eigenvalue weighted by Crippen LogP contribution is 2.23. The molecule has 7 nitrogen and oxygen atoms in total. The van der Waals surface area contributed by atoms with Gasteiger partial charge in [0.25, 0.3) is 5.56 Å². The van der Waals surface area contributed by atoms with Crippen LogP contribution in [-0.2, 0) is 0 Å². The van der Waals surface area contributed by atoms with Gasteiger partial charge in [-0.25, -0.2) is 9.78 Å². The van der Waals surface area contributed by atoms with Crippen LogP contribution in [0.4, 0.5) is 10.5 Å². The van der Waals surface area contributed by atoms with E-state index in [2.05, 4.69) is 25.6 Å². The van der Waals surface area contributed by atoms with Crippen molar-refractivity contribution in [3.63, 3.8) is 0 Å². The van der Waals surface area contributed by atoms with Crippen molar-refractivity contribution in [1.82, 2.24) is 20.3 Å². The second-order valence-electron chi connectivity index (χ2n) is 6.07. The zero-order valence-electron chi connectivity index (χ0n) is 14.0. The van der Waals surface area contributed by atoms with Gasteiger partial charge >= 0.3 is 6.03 Å². The first-order valence-corrected chi connectivity index (χ1v) is 8.23. The largest absolute Gasteiger partial charge is 0.361 e. The molecule has 0 aliphatic rings. The number of benzene rings is 2. The number of hydrogen-bond acceptors (Lipinski definition) is 3. The highest BCUT2D eigenvalue weighted by molar-refractivity contribution is 5.93. The van der Waals surface area contributed by atoms with Crippen LogP contribution in [0.15, 0.2) is 59.8 Å². The summed E-state index contributed by atoms with van der Waals surface area (Å²) in [4.78, 5) is 34.0. The molecule has 2 heterocycles. The standard InChI is InChI=1S/C19H17N5O2/c1-11(14-4-2-3-12-7-8-20-17(12)14)23-19(26)24-13-5-6-16-15(9-13)18(25)22-10-21-16/h2-11,20H,1H3,(H,21,22,25)(H2,23,24,26). The summed E-state index contributed by atoms with van der Waals surface area (Å²) in [6, 6.07) is 12.4. The Bertz CT molecular complexity index is 1160. The topological polar surface area (TPSA) is 103 Å². The molecule has 0 fully saturated rings. The first-order chi connectivity index (χ1) is 12.6. The Hall–Kier alpha value is -3.61. The molecular weight excluding hydrogens is 330 g/mol. The molecule has 0 bridgehead atoms. The molecule has 7 heteroatoms. The van der Waals surface area contributed by atoms with E-state index in [0.29, 0.717) is 16.6 Å². The van der Waals surface area contributed by atoms with Crippen molar-refractivity contribution in [1.29, 1.82) is 0 Å². The number of carbonyl (C=O) groups is 1. The lowest BCUT2D eigenvalue weighted by Gasteiger charge is -2.16. The Labute approximate surface area is 148 Å². The van der Waals surface area contributed by atoms with Gasteiger partial charge in [0, 0.05) is 11.9 Å². The Kier molecular flexibility index (Phi) is 3.89. The second-order valence-corrected chi connectivity index (χ2v) is 6.07. The number of hydrogen-bond donors (Lipinski definition) is 4. The first kappa shape index (κ1) is 15.9. The Balaban J connectivity index is 1.53. The number of fused-ring (bicyclic) bond motifs is 2. The third kappa shape index (κ3) is 2.90. The van der Waals surface area contributed by atoms with Gasteiger partial charge in [0.15, 0.2) is 0 Å². The van der Waals surface area contributed by atoms with Gasteiger partial charge < -0.3 is 20.6 Å².